The molecule has 0 aliphatic carbocycles. The molecular formula is C6H7Cl3O4. The van der Waals surface area contributed by atoms with E-state index in [1.54, 1.807) is 0 Å². The molecule has 0 aromatic carbocycles. The van der Waals surface area contributed by atoms with E-state index < -0.39 is 15.9 Å². The number of carbonyl (C=O) groups excluding carboxylic acids is 2. The molecule has 13 heavy (non-hydrogen) atoms. The predicted octanol–water partition coefficient (Wildman–Crippen LogP) is 1.46. The van der Waals surface area contributed by atoms with Crippen molar-refractivity contribution >= 4 is 47.2 Å². The minimum absolute atomic E-state index is 0.140. The van der Waals surface area contributed by atoms with Crippen molar-refractivity contribution in [3.05, 3.63) is 0 Å². The van der Waals surface area contributed by atoms with E-state index >= 15 is 0 Å². The number of alkyl halides is 3. The molecule has 4 nitrogen and oxygen atoms in total. The highest BCUT2D eigenvalue weighted by molar-refractivity contribution is 6.67. The van der Waals surface area contributed by atoms with Crippen molar-refractivity contribution in [1.82, 2.24) is 0 Å². The molecule has 1 atom stereocenters. The normalized spacial score (nSPS) is 13.2. The van der Waals surface area contributed by atoms with Gasteiger partial charge in [0.25, 0.3) is 6.47 Å². The Labute approximate surface area is 90.0 Å². The molecule has 0 amide bonds. The first-order valence-corrected chi connectivity index (χ1v) is 4.32. The highest BCUT2D eigenvalue weighted by Crippen LogP contribution is 2.26. The van der Waals surface area contributed by atoms with E-state index in [2.05, 4.69) is 9.47 Å². The SMILES string of the molecule is CC(OC=O)C(=O)OCC(Cl)(Cl)Cl. The fraction of sp³-hybridized carbons (Fsp3) is 0.667. The summed E-state index contributed by atoms with van der Waals surface area (Å²) in [5.41, 5.74) is 0. The standard InChI is InChI=1S/C6H7Cl3O4/c1-4(13-3-10)5(11)12-2-6(7,8)9/h3-4H,2H2,1H3. The van der Waals surface area contributed by atoms with Crippen molar-refractivity contribution in [3.8, 4) is 0 Å². The van der Waals surface area contributed by atoms with Crippen molar-refractivity contribution in [2.24, 2.45) is 0 Å². The van der Waals surface area contributed by atoms with Crippen molar-refractivity contribution in [2.75, 3.05) is 6.61 Å². The Hall–Kier alpha value is -0.190. The first kappa shape index (κ1) is 12.8. The van der Waals surface area contributed by atoms with Crippen LogP contribution in [-0.4, -0.2) is 28.9 Å². The maximum atomic E-state index is 10.9. The quantitative estimate of drug-likeness (QED) is 0.430. The van der Waals surface area contributed by atoms with Crippen LogP contribution in [0.3, 0.4) is 0 Å². The molecule has 76 valence electrons. The number of hydrogen-bond donors (Lipinski definition) is 0. The summed E-state index contributed by atoms with van der Waals surface area (Å²) in [6.45, 7) is 1.10. The number of carbonyl (C=O) groups is 2. The Morgan fingerprint density at radius 1 is 1.54 bits per heavy atom. The van der Waals surface area contributed by atoms with Crippen LogP contribution >= 0.6 is 34.8 Å². The molecule has 0 rings (SSSR count). The number of rotatable bonds is 4. The van der Waals surface area contributed by atoms with E-state index in [0.717, 1.165) is 0 Å². The van der Waals surface area contributed by atoms with Gasteiger partial charge >= 0.3 is 5.97 Å². The topological polar surface area (TPSA) is 52.6 Å². The number of halogens is 3. The van der Waals surface area contributed by atoms with E-state index in [1.165, 1.54) is 6.92 Å². The van der Waals surface area contributed by atoms with Crippen LogP contribution in [0.5, 0.6) is 0 Å². The van der Waals surface area contributed by atoms with Gasteiger partial charge in [-0.05, 0) is 6.92 Å². The summed E-state index contributed by atoms with van der Waals surface area (Å²) in [5.74, 6) is -0.765. The average molecular weight is 249 g/mol. The maximum Gasteiger partial charge on any atom is 0.347 e. The summed E-state index contributed by atoms with van der Waals surface area (Å²) in [7, 11) is 0. The fourth-order valence-electron chi connectivity index (χ4n) is 0.409. The lowest BCUT2D eigenvalue weighted by Gasteiger charge is -2.13. The predicted molar refractivity (Wildman–Crippen MR) is 47.9 cm³/mol. The Morgan fingerprint density at radius 2 is 2.08 bits per heavy atom. The largest absolute Gasteiger partial charge is 0.458 e. The molecule has 0 bridgehead atoms. The Balaban J connectivity index is 3.81. The van der Waals surface area contributed by atoms with Crippen LogP contribution in [-0.2, 0) is 19.1 Å². The third kappa shape index (κ3) is 6.93. The molecule has 0 aromatic rings. The minimum Gasteiger partial charge on any atom is -0.458 e. The highest BCUT2D eigenvalue weighted by atomic mass is 35.6. The second-order valence-electron chi connectivity index (χ2n) is 2.10. The highest BCUT2D eigenvalue weighted by Gasteiger charge is 2.24. The van der Waals surface area contributed by atoms with Crippen LogP contribution in [0.25, 0.3) is 0 Å². The molecule has 7 heteroatoms. The molecule has 0 saturated heterocycles. The minimum atomic E-state index is -1.66. The van der Waals surface area contributed by atoms with Gasteiger partial charge in [0.2, 0.25) is 3.79 Å². The summed E-state index contributed by atoms with van der Waals surface area (Å²) >= 11 is 15.9. The zero-order chi connectivity index (χ0) is 10.5. The molecule has 0 aliphatic heterocycles. The lowest BCUT2D eigenvalue weighted by atomic mass is 10.4. The second kappa shape index (κ2) is 5.52. The van der Waals surface area contributed by atoms with Gasteiger partial charge < -0.3 is 9.47 Å². The number of ether oxygens (including phenoxy) is 2. The molecule has 0 heterocycles. The van der Waals surface area contributed by atoms with Gasteiger partial charge in [-0.1, -0.05) is 34.8 Å². The third-order valence-electron chi connectivity index (χ3n) is 0.970. The summed E-state index contributed by atoms with van der Waals surface area (Å²) in [4.78, 5) is 20.7. The van der Waals surface area contributed by atoms with E-state index in [4.69, 9.17) is 34.8 Å². The first-order valence-electron chi connectivity index (χ1n) is 3.19. The molecule has 0 aromatic heterocycles. The van der Waals surface area contributed by atoms with Gasteiger partial charge in [0.05, 0.1) is 0 Å². The summed E-state index contributed by atoms with van der Waals surface area (Å²) < 4.78 is 7.13. The molecule has 0 aliphatic rings. The van der Waals surface area contributed by atoms with Crippen molar-refractivity contribution in [2.45, 2.75) is 16.8 Å². The van der Waals surface area contributed by atoms with Crippen LogP contribution in [0, 0.1) is 0 Å². The van der Waals surface area contributed by atoms with E-state index in [0.29, 0.717) is 0 Å². The first-order chi connectivity index (χ1) is 5.87. The zero-order valence-corrected chi connectivity index (χ0v) is 8.90. The lowest BCUT2D eigenvalue weighted by molar-refractivity contribution is -0.160. The molecule has 0 N–H and O–H groups in total. The summed E-state index contributed by atoms with van der Waals surface area (Å²) in [6, 6.07) is 0. The van der Waals surface area contributed by atoms with Crippen molar-refractivity contribution in [3.63, 3.8) is 0 Å². The zero-order valence-electron chi connectivity index (χ0n) is 6.63. The molecule has 0 radical (unpaired) electrons. The molecule has 0 spiro atoms. The molecular weight excluding hydrogens is 242 g/mol. The molecule has 0 fully saturated rings. The smallest absolute Gasteiger partial charge is 0.347 e. The summed E-state index contributed by atoms with van der Waals surface area (Å²) in [5, 5.41) is 0. The number of hydrogen-bond acceptors (Lipinski definition) is 4. The average Bonchev–Trinajstić information content (AvgIpc) is 1.99. The third-order valence-corrected chi connectivity index (χ3v) is 1.30. The van der Waals surface area contributed by atoms with Gasteiger partial charge in [-0.2, -0.15) is 0 Å². The van der Waals surface area contributed by atoms with Crippen LogP contribution in [0.1, 0.15) is 6.92 Å². The number of esters is 1. The monoisotopic (exact) mass is 248 g/mol. The van der Waals surface area contributed by atoms with Crippen LogP contribution in [0.4, 0.5) is 0 Å². The van der Waals surface area contributed by atoms with E-state index in [-0.39, 0.29) is 13.1 Å². The van der Waals surface area contributed by atoms with Gasteiger partial charge in [-0.25, -0.2) is 4.79 Å². The van der Waals surface area contributed by atoms with E-state index in [1.807, 2.05) is 0 Å². The Kier molecular flexibility index (Phi) is 5.44. The summed E-state index contributed by atoms with van der Waals surface area (Å²) in [6.07, 6.45) is -0.996. The van der Waals surface area contributed by atoms with Crippen LogP contribution in [0.2, 0.25) is 0 Å². The molecule has 1 unspecified atom stereocenters. The van der Waals surface area contributed by atoms with Gasteiger partial charge in [0.1, 0.15) is 6.61 Å². The van der Waals surface area contributed by atoms with Crippen molar-refractivity contribution in [1.29, 1.82) is 0 Å². The Bertz CT molecular complexity index is 189. The van der Waals surface area contributed by atoms with Crippen LogP contribution in [0.15, 0.2) is 0 Å². The molecule has 0 saturated carbocycles. The van der Waals surface area contributed by atoms with Gasteiger partial charge in [-0.3, -0.25) is 4.79 Å². The fourth-order valence-corrected chi connectivity index (χ4v) is 0.573. The maximum absolute atomic E-state index is 10.9. The van der Waals surface area contributed by atoms with Crippen molar-refractivity contribution < 1.29 is 19.1 Å². The van der Waals surface area contributed by atoms with Crippen LogP contribution < -0.4 is 0 Å². The van der Waals surface area contributed by atoms with Gasteiger partial charge in [0, 0.05) is 0 Å². The van der Waals surface area contributed by atoms with Gasteiger partial charge in [0.15, 0.2) is 6.10 Å². The van der Waals surface area contributed by atoms with Gasteiger partial charge in [-0.15, -0.1) is 0 Å². The lowest BCUT2D eigenvalue weighted by Crippen LogP contribution is -2.26. The van der Waals surface area contributed by atoms with E-state index in [9.17, 15) is 9.59 Å². The second-order valence-corrected chi connectivity index (χ2v) is 4.61. The Morgan fingerprint density at radius 3 is 2.46 bits per heavy atom.